The molecule has 2 N–H and O–H groups in total. The van der Waals surface area contributed by atoms with E-state index in [1.807, 2.05) is 0 Å². The summed E-state index contributed by atoms with van der Waals surface area (Å²) in [5.74, 6) is -0.682. The van der Waals surface area contributed by atoms with E-state index in [2.05, 4.69) is 9.71 Å². The van der Waals surface area contributed by atoms with E-state index in [4.69, 9.17) is 9.84 Å². The molecule has 0 aliphatic carbocycles. The van der Waals surface area contributed by atoms with Crippen LogP contribution >= 0.6 is 0 Å². The fourth-order valence-electron chi connectivity index (χ4n) is 2.47. The van der Waals surface area contributed by atoms with Crippen LogP contribution in [0.3, 0.4) is 0 Å². The zero-order chi connectivity index (χ0) is 18.0. The molecule has 0 amide bonds. The van der Waals surface area contributed by atoms with Crippen molar-refractivity contribution >= 4 is 32.6 Å². The van der Waals surface area contributed by atoms with Gasteiger partial charge in [0.15, 0.2) is 0 Å². The molecule has 3 aromatic rings. The van der Waals surface area contributed by atoms with Crippen LogP contribution in [0.2, 0.25) is 0 Å². The zero-order valence-electron chi connectivity index (χ0n) is 13.1. The Bertz CT molecular complexity index is 1060. The molecule has 0 aliphatic heterocycles. The van der Waals surface area contributed by atoms with E-state index in [1.54, 1.807) is 30.3 Å². The second-order valence-electron chi connectivity index (χ2n) is 5.15. The molecule has 0 spiro atoms. The number of sulfonamides is 1. The lowest BCUT2D eigenvalue weighted by atomic mass is 10.1. The molecule has 128 valence electrons. The Morgan fingerprint density at radius 2 is 1.84 bits per heavy atom. The normalized spacial score (nSPS) is 11.2. The number of pyridine rings is 1. The average Bonchev–Trinajstić information content (AvgIpc) is 2.60. The minimum absolute atomic E-state index is 0.0476. The van der Waals surface area contributed by atoms with E-state index in [0.29, 0.717) is 16.5 Å². The van der Waals surface area contributed by atoms with E-state index >= 15 is 0 Å². The van der Waals surface area contributed by atoms with E-state index in [1.165, 1.54) is 25.4 Å². The molecule has 0 radical (unpaired) electrons. The van der Waals surface area contributed by atoms with Crippen molar-refractivity contribution in [1.82, 2.24) is 4.98 Å². The Kier molecular flexibility index (Phi) is 4.28. The van der Waals surface area contributed by atoms with Crippen molar-refractivity contribution < 1.29 is 23.1 Å². The van der Waals surface area contributed by atoms with Crippen LogP contribution in [0, 0.1) is 0 Å². The maximum Gasteiger partial charge on any atom is 0.335 e. The van der Waals surface area contributed by atoms with Gasteiger partial charge >= 0.3 is 5.97 Å². The van der Waals surface area contributed by atoms with Gasteiger partial charge in [0.1, 0.15) is 11.6 Å². The molecule has 25 heavy (non-hydrogen) atoms. The van der Waals surface area contributed by atoms with Gasteiger partial charge < -0.3 is 9.84 Å². The van der Waals surface area contributed by atoms with Crippen LogP contribution in [0.25, 0.3) is 10.8 Å². The van der Waals surface area contributed by atoms with Crippen LogP contribution in [-0.4, -0.2) is 31.6 Å². The maximum atomic E-state index is 12.8. The van der Waals surface area contributed by atoms with Gasteiger partial charge in [-0.25, -0.2) is 18.2 Å². The molecule has 0 saturated carbocycles. The van der Waals surface area contributed by atoms with Gasteiger partial charge in [-0.1, -0.05) is 24.3 Å². The SMILES string of the molecule is COc1ccc(S(=O)(=O)Nc2cc(C(=O)O)ccn2)c2ccccc12. The number of aromatic carboxylic acids is 1. The third-order valence-corrected chi connectivity index (χ3v) is 5.01. The van der Waals surface area contributed by atoms with Crippen molar-refractivity contribution in [2.75, 3.05) is 11.8 Å². The number of carboxylic acid groups (broad SMARTS) is 1. The quantitative estimate of drug-likeness (QED) is 0.726. The summed E-state index contributed by atoms with van der Waals surface area (Å²) in [6, 6.07) is 12.4. The van der Waals surface area contributed by atoms with E-state index in [9.17, 15) is 13.2 Å². The topological polar surface area (TPSA) is 106 Å². The first kappa shape index (κ1) is 16.7. The van der Waals surface area contributed by atoms with Gasteiger partial charge in [-0.3, -0.25) is 4.72 Å². The van der Waals surface area contributed by atoms with Crippen LogP contribution in [0.5, 0.6) is 5.75 Å². The highest BCUT2D eigenvalue weighted by Crippen LogP contribution is 2.31. The average molecular weight is 358 g/mol. The largest absolute Gasteiger partial charge is 0.496 e. The van der Waals surface area contributed by atoms with Gasteiger partial charge in [0, 0.05) is 17.0 Å². The van der Waals surface area contributed by atoms with Gasteiger partial charge in [-0.2, -0.15) is 0 Å². The molecular formula is C17H14N2O5S. The second-order valence-corrected chi connectivity index (χ2v) is 6.80. The number of benzene rings is 2. The Hall–Kier alpha value is -3.13. The van der Waals surface area contributed by atoms with E-state index in [0.717, 1.165) is 6.07 Å². The highest BCUT2D eigenvalue weighted by Gasteiger charge is 2.20. The number of nitrogens with one attached hydrogen (secondary N) is 1. The molecule has 3 rings (SSSR count). The standard InChI is InChI=1S/C17H14N2O5S/c1-24-14-6-7-15(13-5-3-2-4-12(13)14)25(22,23)19-16-10-11(17(20)21)8-9-18-16/h2-10H,1H3,(H,18,19)(H,20,21). The third kappa shape index (κ3) is 3.24. The van der Waals surface area contributed by atoms with Crippen LogP contribution in [0.1, 0.15) is 10.4 Å². The first-order chi connectivity index (χ1) is 11.9. The Morgan fingerprint density at radius 1 is 1.12 bits per heavy atom. The summed E-state index contributed by atoms with van der Waals surface area (Å²) in [5.41, 5.74) is -0.0627. The number of fused-ring (bicyclic) bond motifs is 1. The Labute approximate surface area is 143 Å². The summed E-state index contributed by atoms with van der Waals surface area (Å²) in [6.07, 6.45) is 1.23. The van der Waals surface area contributed by atoms with Gasteiger partial charge in [0.05, 0.1) is 17.6 Å². The minimum Gasteiger partial charge on any atom is -0.496 e. The molecule has 1 aromatic heterocycles. The zero-order valence-corrected chi connectivity index (χ0v) is 13.9. The van der Waals surface area contributed by atoms with Crippen LogP contribution in [-0.2, 0) is 10.0 Å². The van der Waals surface area contributed by atoms with Crippen molar-refractivity contribution in [1.29, 1.82) is 0 Å². The van der Waals surface area contributed by atoms with Gasteiger partial charge in [0.2, 0.25) is 0 Å². The van der Waals surface area contributed by atoms with Crippen molar-refractivity contribution in [3.63, 3.8) is 0 Å². The molecule has 0 saturated heterocycles. The molecule has 0 bridgehead atoms. The molecule has 0 atom stereocenters. The molecule has 0 fully saturated rings. The lowest BCUT2D eigenvalue weighted by Gasteiger charge is -2.12. The molecule has 0 unspecified atom stereocenters. The van der Waals surface area contributed by atoms with Crippen LogP contribution in [0.15, 0.2) is 59.6 Å². The number of hydrogen-bond donors (Lipinski definition) is 2. The highest BCUT2D eigenvalue weighted by molar-refractivity contribution is 7.93. The number of rotatable bonds is 5. The first-order valence-electron chi connectivity index (χ1n) is 7.20. The summed E-state index contributed by atoms with van der Waals surface area (Å²) in [4.78, 5) is 14.9. The molecule has 8 heteroatoms. The molecule has 7 nitrogen and oxygen atoms in total. The molecular weight excluding hydrogens is 344 g/mol. The van der Waals surface area contributed by atoms with Gasteiger partial charge in [-0.05, 0) is 24.3 Å². The smallest absolute Gasteiger partial charge is 0.335 e. The number of nitrogens with zero attached hydrogens (tertiary/aromatic N) is 1. The number of aromatic nitrogens is 1. The maximum absolute atomic E-state index is 12.8. The van der Waals surface area contributed by atoms with Gasteiger partial charge in [0.25, 0.3) is 10.0 Å². The van der Waals surface area contributed by atoms with E-state index in [-0.39, 0.29) is 16.3 Å². The summed E-state index contributed by atoms with van der Waals surface area (Å²) >= 11 is 0. The Morgan fingerprint density at radius 3 is 2.52 bits per heavy atom. The highest BCUT2D eigenvalue weighted by atomic mass is 32.2. The first-order valence-corrected chi connectivity index (χ1v) is 8.68. The monoisotopic (exact) mass is 358 g/mol. The number of methoxy groups -OCH3 is 1. The summed E-state index contributed by atoms with van der Waals surface area (Å²) in [7, 11) is -2.46. The predicted octanol–water partition coefficient (Wildman–Crippen LogP) is 2.74. The van der Waals surface area contributed by atoms with Crippen molar-refractivity contribution in [3.05, 3.63) is 60.3 Å². The van der Waals surface area contributed by atoms with Gasteiger partial charge in [-0.15, -0.1) is 0 Å². The minimum atomic E-state index is -3.97. The number of hydrogen-bond acceptors (Lipinski definition) is 5. The van der Waals surface area contributed by atoms with Crippen molar-refractivity contribution in [2.24, 2.45) is 0 Å². The Balaban J connectivity index is 2.08. The number of carbonyl (C=O) groups is 1. The number of anilines is 1. The van der Waals surface area contributed by atoms with Crippen LogP contribution in [0.4, 0.5) is 5.82 Å². The second kappa shape index (κ2) is 6.40. The van der Waals surface area contributed by atoms with Crippen molar-refractivity contribution in [3.8, 4) is 5.75 Å². The van der Waals surface area contributed by atoms with E-state index < -0.39 is 16.0 Å². The molecule has 1 heterocycles. The fourth-order valence-corrected chi connectivity index (χ4v) is 3.68. The number of ether oxygens (including phenoxy) is 1. The lowest BCUT2D eigenvalue weighted by Crippen LogP contribution is -2.15. The third-order valence-electron chi connectivity index (χ3n) is 3.60. The molecule has 2 aromatic carbocycles. The van der Waals surface area contributed by atoms with Crippen LogP contribution < -0.4 is 9.46 Å². The fraction of sp³-hybridized carbons (Fsp3) is 0.0588. The predicted molar refractivity (Wildman–Crippen MR) is 92.5 cm³/mol. The summed E-state index contributed by atoms with van der Waals surface area (Å²) < 4.78 is 33.1. The lowest BCUT2D eigenvalue weighted by molar-refractivity contribution is 0.0696. The van der Waals surface area contributed by atoms with Crippen molar-refractivity contribution in [2.45, 2.75) is 4.90 Å². The summed E-state index contributed by atoms with van der Waals surface area (Å²) in [6.45, 7) is 0. The molecule has 0 aliphatic rings. The summed E-state index contributed by atoms with van der Waals surface area (Å²) in [5, 5.41) is 10.1. The number of carboxylic acids is 1.